The van der Waals surface area contributed by atoms with Crippen molar-refractivity contribution < 1.29 is 23.8 Å². The second-order valence-electron chi connectivity index (χ2n) is 9.77. The lowest BCUT2D eigenvalue weighted by atomic mass is 9.94. The molecular formula is C26H39N3O5. The molecule has 2 unspecified atom stereocenters. The van der Waals surface area contributed by atoms with Crippen LogP contribution in [0.25, 0.3) is 0 Å². The van der Waals surface area contributed by atoms with Crippen molar-refractivity contribution in [2.75, 3.05) is 53.0 Å². The van der Waals surface area contributed by atoms with Crippen molar-refractivity contribution >= 4 is 11.9 Å². The van der Waals surface area contributed by atoms with Gasteiger partial charge in [0.1, 0.15) is 17.6 Å². The van der Waals surface area contributed by atoms with Crippen molar-refractivity contribution in [3.05, 3.63) is 23.8 Å². The Kier molecular flexibility index (Phi) is 8.32. The number of carbonyl (C=O) groups excluding carboxylic acids is 2. The van der Waals surface area contributed by atoms with Crippen molar-refractivity contribution in [2.24, 2.45) is 5.92 Å². The summed E-state index contributed by atoms with van der Waals surface area (Å²) in [6.07, 6.45) is 3.87. The molecule has 3 aliphatic heterocycles. The van der Waals surface area contributed by atoms with E-state index in [-0.39, 0.29) is 23.9 Å². The molecular weight excluding hydrogens is 434 g/mol. The maximum atomic E-state index is 13.1. The molecule has 0 aromatic heterocycles. The minimum atomic E-state index is -0.0597. The van der Waals surface area contributed by atoms with Crippen molar-refractivity contribution in [1.82, 2.24) is 14.7 Å². The second kappa shape index (κ2) is 11.4. The molecule has 0 N–H and O–H groups in total. The third kappa shape index (κ3) is 6.02. The van der Waals surface area contributed by atoms with Gasteiger partial charge in [-0.15, -0.1) is 0 Å². The van der Waals surface area contributed by atoms with E-state index >= 15 is 0 Å². The van der Waals surface area contributed by atoms with Crippen molar-refractivity contribution in [1.29, 1.82) is 0 Å². The van der Waals surface area contributed by atoms with Gasteiger partial charge in [0, 0.05) is 50.4 Å². The third-order valence-corrected chi connectivity index (χ3v) is 7.28. The monoisotopic (exact) mass is 473 g/mol. The summed E-state index contributed by atoms with van der Waals surface area (Å²) in [5.74, 6) is 1.73. The number of methoxy groups -OCH3 is 1. The molecule has 0 bridgehead atoms. The first-order chi connectivity index (χ1) is 16.5. The largest absolute Gasteiger partial charge is 0.497 e. The molecule has 1 amide bonds. The predicted octanol–water partition coefficient (Wildman–Crippen LogP) is 2.54. The van der Waals surface area contributed by atoms with E-state index in [0.717, 1.165) is 68.9 Å². The SMILES string of the molecule is CCOC(=O)C1CCCN(C2CCN(C(=O)CN3Cc4ccc(OC)cc4OC(C)C3)CC2)C1. The summed E-state index contributed by atoms with van der Waals surface area (Å²) in [5.41, 5.74) is 1.08. The molecule has 2 saturated heterocycles. The lowest BCUT2D eigenvalue weighted by molar-refractivity contribution is -0.150. The summed E-state index contributed by atoms with van der Waals surface area (Å²) in [5, 5.41) is 0. The van der Waals surface area contributed by atoms with Crippen LogP contribution >= 0.6 is 0 Å². The van der Waals surface area contributed by atoms with Crippen LogP contribution in [-0.2, 0) is 20.9 Å². The molecule has 4 rings (SSSR count). The molecule has 3 heterocycles. The summed E-state index contributed by atoms with van der Waals surface area (Å²) in [6, 6.07) is 6.33. The Morgan fingerprint density at radius 1 is 1.12 bits per heavy atom. The smallest absolute Gasteiger partial charge is 0.310 e. The van der Waals surface area contributed by atoms with E-state index in [1.807, 2.05) is 36.9 Å². The Morgan fingerprint density at radius 3 is 2.65 bits per heavy atom. The number of likely N-dealkylation sites (tertiary alicyclic amines) is 2. The van der Waals surface area contributed by atoms with Crippen LogP contribution in [0.2, 0.25) is 0 Å². The zero-order valence-electron chi connectivity index (χ0n) is 20.8. The quantitative estimate of drug-likeness (QED) is 0.588. The fraction of sp³-hybridized carbons (Fsp3) is 0.692. The molecule has 0 spiro atoms. The van der Waals surface area contributed by atoms with E-state index in [1.54, 1.807) is 7.11 Å². The van der Waals surface area contributed by atoms with Crippen LogP contribution in [0.5, 0.6) is 11.5 Å². The first-order valence-electron chi connectivity index (χ1n) is 12.7. The highest BCUT2D eigenvalue weighted by molar-refractivity contribution is 5.78. The Labute approximate surface area is 203 Å². The molecule has 0 saturated carbocycles. The standard InChI is InChI=1S/C26H39N3O5/c1-4-33-26(31)21-6-5-11-29(17-21)22-9-12-28(13-10-22)25(30)18-27-15-19(2)34-24-14-23(32-3)8-7-20(24)16-27/h7-8,14,19,21-22H,4-6,9-13,15-18H2,1-3H3. The Bertz CT molecular complexity index is 855. The number of rotatable bonds is 6. The molecule has 188 valence electrons. The number of piperidine rings is 2. The fourth-order valence-corrected chi connectivity index (χ4v) is 5.51. The first-order valence-corrected chi connectivity index (χ1v) is 12.7. The van der Waals surface area contributed by atoms with Gasteiger partial charge in [-0.3, -0.25) is 19.4 Å². The zero-order chi connectivity index (χ0) is 24.1. The minimum absolute atomic E-state index is 0.00154. The van der Waals surface area contributed by atoms with Gasteiger partial charge in [-0.05, 0) is 52.1 Å². The first kappa shape index (κ1) is 24.8. The van der Waals surface area contributed by atoms with E-state index in [9.17, 15) is 9.59 Å². The van der Waals surface area contributed by atoms with Crippen LogP contribution in [0.1, 0.15) is 45.1 Å². The number of carbonyl (C=O) groups is 2. The van der Waals surface area contributed by atoms with E-state index in [2.05, 4.69) is 9.80 Å². The zero-order valence-corrected chi connectivity index (χ0v) is 20.8. The fourth-order valence-electron chi connectivity index (χ4n) is 5.51. The Balaban J connectivity index is 1.28. The van der Waals surface area contributed by atoms with Crippen LogP contribution in [0.4, 0.5) is 0 Å². The molecule has 1 aromatic carbocycles. The molecule has 34 heavy (non-hydrogen) atoms. The van der Waals surface area contributed by atoms with E-state index < -0.39 is 0 Å². The summed E-state index contributed by atoms with van der Waals surface area (Å²) >= 11 is 0. The maximum absolute atomic E-state index is 13.1. The normalized spacial score (nSPS) is 24.6. The highest BCUT2D eigenvalue weighted by Gasteiger charge is 2.33. The van der Waals surface area contributed by atoms with Gasteiger partial charge in [0.05, 0.1) is 26.2 Å². The van der Waals surface area contributed by atoms with E-state index in [1.165, 1.54) is 0 Å². The summed E-state index contributed by atoms with van der Waals surface area (Å²) in [7, 11) is 1.65. The molecule has 8 heteroatoms. The molecule has 0 radical (unpaired) electrons. The molecule has 3 aliphatic rings. The highest BCUT2D eigenvalue weighted by Crippen LogP contribution is 2.30. The van der Waals surface area contributed by atoms with Crippen molar-refractivity contribution in [3.8, 4) is 11.5 Å². The van der Waals surface area contributed by atoms with Crippen LogP contribution in [0.3, 0.4) is 0 Å². The Morgan fingerprint density at radius 2 is 1.91 bits per heavy atom. The lowest BCUT2D eigenvalue weighted by Gasteiger charge is -2.42. The third-order valence-electron chi connectivity index (χ3n) is 7.28. The van der Waals surface area contributed by atoms with Gasteiger partial charge in [0.25, 0.3) is 0 Å². The molecule has 8 nitrogen and oxygen atoms in total. The van der Waals surface area contributed by atoms with E-state index in [0.29, 0.717) is 32.3 Å². The van der Waals surface area contributed by atoms with Crippen LogP contribution < -0.4 is 9.47 Å². The van der Waals surface area contributed by atoms with Crippen LogP contribution in [0.15, 0.2) is 18.2 Å². The van der Waals surface area contributed by atoms with Gasteiger partial charge < -0.3 is 19.1 Å². The molecule has 2 fully saturated rings. The summed E-state index contributed by atoms with van der Waals surface area (Å²) < 4.78 is 16.7. The molecule has 1 aromatic rings. The lowest BCUT2D eigenvalue weighted by Crippen LogP contribution is -2.52. The van der Waals surface area contributed by atoms with Crippen LogP contribution in [0, 0.1) is 5.92 Å². The summed E-state index contributed by atoms with van der Waals surface area (Å²) in [6.45, 7) is 9.51. The number of amides is 1. The maximum Gasteiger partial charge on any atom is 0.310 e. The second-order valence-corrected chi connectivity index (χ2v) is 9.77. The molecule has 2 atom stereocenters. The number of benzene rings is 1. The van der Waals surface area contributed by atoms with Crippen molar-refractivity contribution in [3.63, 3.8) is 0 Å². The van der Waals surface area contributed by atoms with Gasteiger partial charge in [0.2, 0.25) is 5.91 Å². The van der Waals surface area contributed by atoms with Gasteiger partial charge in [-0.25, -0.2) is 0 Å². The highest BCUT2D eigenvalue weighted by atomic mass is 16.5. The summed E-state index contributed by atoms with van der Waals surface area (Å²) in [4.78, 5) is 32.0. The average molecular weight is 474 g/mol. The number of nitrogens with zero attached hydrogens (tertiary/aromatic N) is 3. The van der Waals surface area contributed by atoms with Crippen LogP contribution in [-0.4, -0.2) is 91.7 Å². The number of hydrogen-bond donors (Lipinski definition) is 0. The van der Waals surface area contributed by atoms with Crippen molar-refractivity contribution in [2.45, 2.75) is 58.2 Å². The number of hydrogen-bond acceptors (Lipinski definition) is 7. The van der Waals surface area contributed by atoms with Gasteiger partial charge >= 0.3 is 5.97 Å². The molecule has 0 aliphatic carbocycles. The number of fused-ring (bicyclic) bond motifs is 1. The topological polar surface area (TPSA) is 71.6 Å². The average Bonchev–Trinajstić information content (AvgIpc) is 3.00. The van der Waals surface area contributed by atoms with Gasteiger partial charge in [-0.1, -0.05) is 6.07 Å². The predicted molar refractivity (Wildman–Crippen MR) is 129 cm³/mol. The number of ether oxygens (including phenoxy) is 3. The van der Waals surface area contributed by atoms with E-state index in [4.69, 9.17) is 14.2 Å². The minimum Gasteiger partial charge on any atom is -0.497 e. The Hall–Kier alpha value is -2.32. The van der Waals surface area contributed by atoms with Gasteiger partial charge in [0.15, 0.2) is 0 Å². The van der Waals surface area contributed by atoms with Gasteiger partial charge in [-0.2, -0.15) is 0 Å². The number of esters is 1.